The van der Waals surface area contributed by atoms with E-state index in [1.165, 1.54) is 20.9 Å². The average Bonchev–Trinajstić information content (AvgIpc) is 4.19. The number of nitrogens with zero attached hydrogens (tertiary/aromatic N) is 3. The summed E-state index contributed by atoms with van der Waals surface area (Å²) < 4.78 is 25.7. The van der Waals surface area contributed by atoms with E-state index in [1.807, 2.05) is 54.6 Å². The number of hydroxylamine groups is 2. The molecule has 15 heteroatoms. The van der Waals surface area contributed by atoms with Crippen molar-refractivity contribution in [3.63, 3.8) is 0 Å². The minimum Gasteiger partial charge on any atom is -0.460 e. The van der Waals surface area contributed by atoms with Gasteiger partial charge < -0.3 is 39.2 Å². The average molecular weight is 857 g/mol. The van der Waals surface area contributed by atoms with E-state index in [1.54, 1.807) is 48.0 Å². The standard InChI is InChI=1S/C47H60N4O11/c1-45(2,3)59-37(54)22-20-33(27-52)48-42(55)34(24-28-11-8-7-9-12-28)50(6)44(57)46-25-35-38-39(61-47(60-38,31-16-17-31)32-18-19-32)41(46)62-51(40(46)43(56)58-35)26-30-14-10-13-29(23-30)15-21-36(53)49(4)5/h7-15,21,23,31-35,38-41,52H,16-20,22,24-27H2,1-6H3,(H,48,55)/t33-,34+,35+,38-,39-,40-,41+,46-/m0/s1. The number of hydrogen-bond acceptors (Lipinski definition) is 12. The third-order valence-corrected chi connectivity index (χ3v) is 13.1. The van der Waals surface area contributed by atoms with Gasteiger partial charge in [-0.3, -0.25) is 28.8 Å². The van der Waals surface area contributed by atoms with E-state index < -0.39 is 89.7 Å². The molecular formula is C47H60N4O11. The van der Waals surface area contributed by atoms with Crippen molar-refractivity contribution in [1.29, 1.82) is 0 Å². The number of carbonyl (C=O) groups excluding carboxylic acids is 5. The van der Waals surface area contributed by atoms with Crippen LogP contribution in [-0.2, 0) is 60.7 Å². The molecule has 3 aliphatic heterocycles. The zero-order valence-corrected chi connectivity index (χ0v) is 36.5. The number of fused-ring (bicyclic) bond motifs is 4. The Hall–Kier alpha value is -4.67. The fourth-order valence-corrected chi connectivity index (χ4v) is 9.84. The van der Waals surface area contributed by atoms with E-state index in [4.69, 9.17) is 23.8 Å². The van der Waals surface area contributed by atoms with Gasteiger partial charge in [0.1, 0.15) is 41.5 Å². The first-order valence-corrected chi connectivity index (χ1v) is 21.9. The summed E-state index contributed by atoms with van der Waals surface area (Å²) in [5.74, 6) is -2.70. The van der Waals surface area contributed by atoms with Gasteiger partial charge in [-0.2, -0.15) is 5.06 Å². The number of amides is 3. The van der Waals surface area contributed by atoms with Crippen molar-refractivity contribution >= 4 is 35.7 Å². The summed E-state index contributed by atoms with van der Waals surface area (Å²) in [7, 11) is 4.92. The molecule has 3 amide bonds. The Bertz CT molecular complexity index is 2050. The summed E-state index contributed by atoms with van der Waals surface area (Å²) >= 11 is 0. The van der Waals surface area contributed by atoms with E-state index in [-0.39, 0.29) is 50.0 Å². The van der Waals surface area contributed by atoms with Crippen LogP contribution in [0.2, 0.25) is 0 Å². The molecule has 0 unspecified atom stereocenters. The van der Waals surface area contributed by atoms with Gasteiger partial charge in [-0.1, -0.05) is 54.6 Å². The Morgan fingerprint density at radius 3 is 2.29 bits per heavy atom. The molecule has 3 aliphatic carbocycles. The number of hydrogen-bond donors (Lipinski definition) is 2. The summed E-state index contributed by atoms with van der Waals surface area (Å²) in [6, 6.07) is 13.7. The molecule has 2 aromatic carbocycles. The van der Waals surface area contributed by atoms with Crippen molar-refractivity contribution < 1.29 is 52.9 Å². The number of aliphatic hydroxyl groups is 1. The van der Waals surface area contributed by atoms with E-state index in [9.17, 15) is 24.3 Å². The largest absolute Gasteiger partial charge is 0.460 e. The van der Waals surface area contributed by atoms with Gasteiger partial charge in [-0.25, -0.2) is 0 Å². The molecule has 8 atom stereocenters. The maximum absolute atomic E-state index is 15.8. The molecule has 6 fully saturated rings. The Labute approximate surface area is 362 Å². The zero-order valence-electron chi connectivity index (χ0n) is 36.5. The number of likely N-dealkylation sites (N-methyl/N-ethyl adjacent to an activating group) is 2. The highest BCUT2D eigenvalue weighted by molar-refractivity contribution is 5.96. The van der Waals surface area contributed by atoms with Crippen LogP contribution in [0.15, 0.2) is 60.7 Å². The Morgan fingerprint density at radius 1 is 0.968 bits per heavy atom. The lowest BCUT2D eigenvalue weighted by atomic mass is 9.62. The molecule has 3 saturated heterocycles. The molecule has 3 saturated carbocycles. The topological polar surface area (TPSA) is 173 Å². The van der Waals surface area contributed by atoms with Gasteiger partial charge in [0.25, 0.3) is 0 Å². The first-order valence-electron chi connectivity index (χ1n) is 21.9. The number of rotatable bonds is 16. The lowest BCUT2D eigenvalue weighted by Gasteiger charge is -2.50. The lowest BCUT2D eigenvalue weighted by Crippen LogP contribution is -2.70. The van der Waals surface area contributed by atoms with Gasteiger partial charge in [-0.05, 0) is 75.6 Å². The first kappa shape index (κ1) is 44.0. The van der Waals surface area contributed by atoms with Crippen LogP contribution in [0.5, 0.6) is 0 Å². The summed E-state index contributed by atoms with van der Waals surface area (Å²) in [6.45, 7) is 4.96. The minimum atomic E-state index is -1.54. The van der Waals surface area contributed by atoms with Gasteiger partial charge in [0.15, 0.2) is 11.8 Å². The predicted octanol–water partition coefficient (Wildman–Crippen LogP) is 3.56. The van der Waals surface area contributed by atoms with Gasteiger partial charge in [0.2, 0.25) is 17.7 Å². The molecule has 2 bridgehead atoms. The predicted molar refractivity (Wildman–Crippen MR) is 224 cm³/mol. The lowest BCUT2D eigenvalue weighted by molar-refractivity contribution is -0.235. The number of nitrogens with one attached hydrogen (secondary N) is 1. The third kappa shape index (κ3) is 8.66. The molecule has 6 aliphatic rings. The van der Waals surface area contributed by atoms with Crippen molar-refractivity contribution in [2.75, 3.05) is 27.7 Å². The molecule has 8 rings (SSSR count). The van der Waals surface area contributed by atoms with E-state index in [0.717, 1.165) is 42.4 Å². The minimum absolute atomic E-state index is 0.0364. The van der Waals surface area contributed by atoms with Crippen LogP contribution < -0.4 is 5.32 Å². The molecular weight excluding hydrogens is 797 g/mol. The SMILES string of the molecule is CN(C)C(=O)C=Cc1cccc(CN2O[C@@H]3[C@H]4OC(C5CC5)(C5CC5)O[C@H]4[C@H]4C[C@]3(C(=O)N(C)[C@H](Cc3ccccc3)C(=O)N[C@H](CO)CCC(=O)OC(C)(C)C)[C@@H]2C(=O)O4)c1. The van der Waals surface area contributed by atoms with Crippen LogP contribution in [0.1, 0.15) is 82.4 Å². The Morgan fingerprint density at radius 2 is 1.65 bits per heavy atom. The Balaban J connectivity index is 1.12. The van der Waals surface area contributed by atoms with E-state index >= 15 is 4.79 Å². The van der Waals surface area contributed by atoms with Crippen molar-refractivity contribution in [3.05, 3.63) is 77.4 Å². The number of esters is 2. The summed E-state index contributed by atoms with van der Waals surface area (Å²) in [4.78, 5) is 79.5. The second-order valence-electron chi connectivity index (χ2n) is 19.1. The second kappa shape index (κ2) is 17.1. The first-order chi connectivity index (χ1) is 29.5. The molecule has 15 nitrogen and oxygen atoms in total. The van der Waals surface area contributed by atoms with Crippen LogP contribution in [0.3, 0.4) is 0 Å². The number of aliphatic hydroxyl groups excluding tert-OH is 1. The van der Waals surface area contributed by atoms with Gasteiger partial charge >= 0.3 is 11.9 Å². The molecule has 0 radical (unpaired) electrons. The van der Waals surface area contributed by atoms with Crippen molar-refractivity contribution in [3.8, 4) is 0 Å². The van der Waals surface area contributed by atoms with Crippen molar-refractivity contribution in [2.45, 2.75) is 133 Å². The summed E-state index contributed by atoms with van der Waals surface area (Å²) in [5, 5.41) is 14.8. The smallest absolute Gasteiger partial charge is 0.327 e. The number of carbonyl (C=O) groups is 5. The van der Waals surface area contributed by atoms with Crippen molar-refractivity contribution in [1.82, 2.24) is 20.2 Å². The van der Waals surface area contributed by atoms with Gasteiger partial charge in [0.05, 0.1) is 19.2 Å². The maximum Gasteiger partial charge on any atom is 0.327 e. The van der Waals surface area contributed by atoms with Crippen LogP contribution in [-0.4, -0.2) is 131 Å². The fourth-order valence-electron chi connectivity index (χ4n) is 9.84. The maximum atomic E-state index is 15.8. The monoisotopic (exact) mass is 856 g/mol. The van der Waals surface area contributed by atoms with Crippen LogP contribution in [0.4, 0.5) is 0 Å². The summed E-state index contributed by atoms with van der Waals surface area (Å²) in [6.07, 6.45) is 4.18. The third-order valence-electron chi connectivity index (χ3n) is 13.1. The molecule has 0 aromatic heterocycles. The highest BCUT2D eigenvalue weighted by atomic mass is 16.8. The molecule has 334 valence electrons. The molecule has 62 heavy (non-hydrogen) atoms. The van der Waals surface area contributed by atoms with Crippen LogP contribution >= 0.6 is 0 Å². The number of ether oxygens (including phenoxy) is 4. The normalized spacial score (nSPS) is 28.4. The molecule has 0 spiro atoms. The van der Waals surface area contributed by atoms with Crippen molar-refractivity contribution in [2.24, 2.45) is 17.3 Å². The number of benzene rings is 2. The van der Waals surface area contributed by atoms with Crippen LogP contribution in [0.25, 0.3) is 6.08 Å². The fraction of sp³-hybridized carbons (Fsp3) is 0.596. The van der Waals surface area contributed by atoms with Crippen LogP contribution in [0, 0.1) is 17.3 Å². The van der Waals surface area contributed by atoms with Gasteiger partial charge in [0, 0.05) is 58.3 Å². The van der Waals surface area contributed by atoms with Gasteiger partial charge in [-0.15, -0.1) is 0 Å². The highest BCUT2D eigenvalue weighted by Gasteiger charge is 2.78. The van der Waals surface area contributed by atoms with E-state index in [2.05, 4.69) is 5.32 Å². The Kier molecular flexibility index (Phi) is 12.1. The molecule has 2 N–H and O–H groups in total. The zero-order chi connectivity index (χ0) is 44.1. The molecule has 2 aromatic rings. The molecule has 3 heterocycles. The highest BCUT2D eigenvalue weighted by Crippen LogP contribution is 2.64. The quantitative estimate of drug-likeness (QED) is 0.186. The van der Waals surface area contributed by atoms with E-state index in [0.29, 0.717) is 0 Å². The summed E-state index contributed by atoms with van der Waals surface area (Å²) in [5.41, 5.74) is 0.0849. The second-order valence-corrected chi connectivity index (χ2v) is 19.1.